The van der Waals surface area contributed by atoms with Gasteiger partial charge in [0, 0.05) is 23.5 Å². The Morgan fingerprint density at radius 1 is 1.24 bits per heavy atom. The molecular weight excluding hydrogens is 314 g/mol. The van der Waals surface area contributed by atoms with Gasteiger partial charge < -0.3 is 4.57 Å². The molecule has 0 unspecified atom stereocenters. The molecule has 0 N–H and O–H groups in total. The molecule has 126 valence electrons. The molecule has 2 aromatic heterocycles. The first-order chi connectivity index (χ1) is 12.1. The first kappa shape index (κ1) is 16.7. The molecule has 0 fully saturated rings. The molecule has 0 radical (unpaired) electrons. The highest BCUT2D eigenvalue weighted by Gasteiger charge is 2.16. The number of nitrogens with zero attached hydrogens (tertiary/aromatic N) is 5. The molecule has 6 nitrogen and oxygen atoms in total. The van der Waals surface area contributed by atoms with E-state index in [9.17, 15) is 4.79 Å². The van der Waals surface area contributed by atoms with Crippen molar-refractivity contribution < 1.29 is 4.79 Å². The van der Waals surface area contributed by atoms with Crippen LogP contribution in [-0.4, -0.2) is 25.1 Å². The van der Waals surface area contributed by atoms with Crippen molar-refractivity contribution in [1.29, 1.82) is 5.26 Å². The number of carbonyl (C=O) groups is 1. The van der Waals surface area contributed by atoms with Crippen LogP contribution in [0, 0.1) is 25.2 Å². The molecule has 0 aliphatic rings. The summed E-state index contributed by atoms with van der Waals surface area (Å²) in [6.07, 6.45) is 2.32. The zero-order chi connectivity index (χ0) is 17.8. The molecule has 0 amide bonds. The molecule has 3 aromatic rings. The molecule has 6 heteroatoms. The van der Waals surface area contributed by atoms with E-state index in [4.69, 9.17) is 5.26 Å². The van der Waals surface area contributed by atoms with Gasteiger partial charge in [-0.1, -0.05) is 30.3 Å². The fourth-order valence-corrected chi connectivity index (χ4v) is 2.97. The van der Waals surface area contributed by atoms with Crippen LogP contribution >= 0.6 is 0 Å². The minimum Gasteiger partial charge on any atom is -0.348 e. The predicted molar refractivity (Wildman–Crippen MR) is 93.1 cm³/mol. The van der Waals surface area contributed by atoms with Gasteiger partial charge in [-0.3, -0.25) is 4.79 Å². The summed E-state index contributed by atoms with van der Waals surface area (Å²) >= 11 is 0. The maximum Gasteiger partial charge on any atom is 0.252 e. The van der Waals surface area contributed by atoms with Crippen LogP contribution in [0.15, 0.2) is 42.7 Å². The van der Waals surface area contributed by atoms with Gasteiger partial charge in [0.25, 0.3) is 5.82 Å². The smallest absolute Gasteiger partial charge is 0.252 e. The van der Waals surface area contributed by atoms with Crippen molar-refractivity contribution in [3.63, 3.8) is 0 Å². The number of carbonyl (C=O) groups excluding carboxylic acids is 1. The van der Waals surface area contributed by atoms with E-state index in [1.165, 1.54) is 16.6 Å². The number of benzene rings is 1. The molecule has 2 heterocycles. The van der Waals surface area contributed by atoms with Crippen LogP contribution < -0.4 is 0 Å². The van der Waals surface area contributed by atoms with Crippen molar-refractivity contribution in [3.05, 3.63) is 71.1 Å². The largest absolute Gasteiger partial charge is 0.348 e. The fourth-order valence-electron chi connectivity index (χ4n) is 2.97. The Balaban J connectivity index is 1.74. The monoisotopic (exact) mass is 333 g/mol. The summed E-state index contributed by atoms with van der Waals surface area (Å²) in [5.41, 5.74) is 3.99. The molecule has 3 rings (SSSR count). The van der Waals surface area contributed by atoms with Gasteiger partial charge >= 0.3 is 0 Å². The van der Waals surface area contributed by atoms with Gasteiger partial charge in [-0.25, -0.2) is 9.67 Å². The van der Waals surface area contributed by atoms with E-state index in [1.54, 1.807) is 0 Å². The molecule has 1 aromatic carbocycles. The summed E-state index contributed by atoms with van der Waals surface area (Å²) in [7, 11) is 0. The zero-order valence-electron chi connectivity index (χ0n) is 14.3. The number of Topliss-reactive ketones (excluding diaryl/α,β-unsaturated/α-hetero) is 1. The highest BCUT2D eigenvalue weighted by Crippen LogP contribution is 2.17. The number of hydrogen-bond acceptors (Lipinski definition) is 4. The maximum absolute atomic E-state index is 12.6. The number of rotatable bonds is 6. The number of nitriles is 1. The Kier molecular flexibility index (Phi) is 4.75. The van der Waals surface area contributed by atoms with E-state index in [0.29, 0.717) is 5.56 Å². The highest BCUT2D eigenvalue weighted by atomic mass is 16.1. The van der Waals surface area contributed by atoms with Crippen LogP contribution in [0.3, 0.4) is 0 Å². The van der Waals surface area contributed by atoms with E-state index >= 15 is 0 Å². The van der Waals surface area contributed by atoms with Gasteiger partial charge in [-0.2, -0.15) is 5.26 Å². The molecule has 0 bridgehead atoms. The second-order valence-corrected chi connectivity index (χ2v) is 5.97. The third-order valence-corrected chi connectivity index (χ3v) is 4.28. The standard InChI is InChI=1S/C19H19N5O/c1-14-10-17(18(25)12-23-13-21-19(11-20)22-23)15(2)24(14)9-8-16-6-4-3-5-7-16/h3-7,10,13H,8-9,12H2,1-2H3. The Labute approximate surface area is 146 Å². The van der Waals surface area contributed by atoms with Gasteiger partial charge in [-0.05, 0) is 31.9 Å². The second kappa shape index (κ2) is 7.14. The van der Waals surface area contributed by atoms with Crippen LogP contribution in [0.5, 0.6) is 0 Å². The van der Waals surface area contributed by atoms with Crippen LogP contribution in [0.1, 0.15) is 33.1 Å². The molecule has 0 aliphatic heterocycles. The Hall–Kier alpha value is -3.20. The minimum atomic E-state index is -0.0338. The molecule has 25 heavy (non-hydrogen) atoms. The fraction of sp³-hybridized carbons (Fsp3) is 0.263. The van der Waals surface area contributed by atoms with Crippen molar-refractivity contribution >= 4 is 5.78 Å². The summed E-state index contributed by atoms with van der Waals surface area (Å²) in [6.45, 7) is 4.89. The van der Waals surface area contributed by atoms with Gasteiger partial charge in [0.2, 0.25) is 0 Å². The molecule has 0 aliphatic carbocycles. The lowest BCUT2D eigenvalue weighted by molar-refractivity contribution is 0.0967. The van der Waals surface area contributed by atoms with Crippen molar-refractivity contribution in [2.45, 2.75) is 33.4 Å². The lowest BCUT2D eigenvalue weighted by Crippen LogP contribution is -2.13. The minimum absolute atomic E-state index is 0.0338. The van der Waals surface area contributed by atoms with E-state index in [2.05, 4.69) is 26.8 Å². The van der Waals surface area contributed by atoms with Crippen molar-refractivity contribution in [2.24, 2.45) is 0 Å². The molecule has 0 spiro atoms. The van der Waals surface area contributed by atoms with Gasteiger partial charge in [0.1, 0.15) is 18.9 Å². The Morgan fingerprint density at radius 2 is 2.00 bits per heavy atom. The first-order valence-electron chi connectivity index (χ1n) is 8.12. The topological polar surface area (TPSA) is 76.5 Å². The zero-order valence-corrected chi connectivity index (χ0v) is 14.3. The van der Waals surface area contributed by atoms with Crippen molar-refractivity contribution in [3.8, 4) is 6.07 Å². The Morgan fingerprint density at radius 3 is 2.68 bits per heavy atom. The highest BCUT2D eigenvalue weighted by molar-refractivity contribution is 5.97. The number of hydrogen-bond donors (Lipinski definition) is 0. The third kappa shape index (κ3) is 3.66. The average Bonchev–Trinajstić information content (AvgIpc) is 3.18. The predicted octanol–water partition coefficient (Wildman–Crippen LogP) is 2.69. The average molecular weight is 333 g/mol. The number of aryl methyl sites for hydroxylation is 2. The van der Waals surface area contributed by atoms with E-state index in [0.717, 1.165) is 24.4 Å². The molecule has 0 atom stereocenters. The van der Waals surface area contributed by atoms with E-state index in [1.807, 2.05) is 44.2 Å². The second-order valence-electron chi connectivity index (χ2n) is 5.97. The lowest BCUT2D eigenvalue weighted by atomic mass is 10.1. The van der Waals surface area contributed by atoms with Crippen molar-refractivity contribution in [1.82, 2.24) is 19.3 Å². The normalized spacial score (nSPS) is 10.6. The van der Waals surface area contributed by atoms with Gasteiger partial charge in [0.05, 0.1) is 0 Å². The van der Waals surface area contributed by atoms with E-state index in [-0.39, 0.29) is 18.2 Å². The van der Waals surface area contributed by atoms with Gasteiger partial charge in [0.15, 0.2) is 5.78 Å². The van der Waals surface area contributed by atoms with Gasteiger partial charge in [-0.15, -0.1) is 5.10 Å². The van der Waals surface area contributed by atoms with E-state index < -0.39 is 0 Å². The quantitative estimate of drug-likeness (QED) is 0.650. The van der Waals surface area contributed by atoms with Crippen molar-refractivity contribution in [2.75, 3.05) is 0 Å². The third-order valence-electron chi connectivity index (χ3n) is 4.28. The first-order valence-corrected chi connectivity index (χ1v) is 8.12. The van der Waals surface area contributed by atoms with Crippen LogP contribution in [0.25, 0.3) is 0 Å². The number of ketones is 1. The summed E-state index contributed by atoms with van der Waals surface area (Å²) in [5.74, 6) is 0.0367. The summed E-state index contributed by atoms with van der Waals surface area (Å²) in [6, 6.07) is 14.1. The molecule has 0 saturated carbocycles. The molecule has 0 saturated heterocycles. The lowest BCUT2D eigenvalue weighted by Gasteiger charge is -2.10. The SMILES string of the molecule is Cc1cc(C(=O)Cn2cnc(C#N)n2)c(C)n1CCc1ccccc1. The molecular formula is C19H19N5O. The van der Waals surface area contributed by atoms with Crippen LogP contribution in [0.2, 0.25) is 0 Å². The van der Waals surface area contributed by atoms with Crippen LogP contribution in [0.4, 0.5) is 0 Å². The summed E-state index contributed by atoms with van der Waals surface area (Å²) in [4.78, 5) is 16.4. The summed E-state index contributed by atoms with van der Waals surface area (Å²) in [5, 5.41) is 12.7. The maximum atomic E-state index is 12.6. The number of aromatic nitrogens is 4. The Bertz CT molecular complexity index is 931. The summed E-state index contributed by atoms with van der Waals surface area (Å²) < 4.78 is 3.57. The van der Waals surface area contributed by atoms with Crippen LogP contribution in [-0.2, 0) is 19.5 Å².